The lowest BCUT2D eigenvalue weighted by atomic mass is 10.1. The monoisotopic (exact) mass is 277 g/mol. The summed E-state index contributed by atoms with van der Waals surface area (Å²) in [6.45, 7) is 0. The van der Waals surface area contributed by atoms with Gasteiger partial charge in [-0.1, -0.05) is 6.07 Å². The van der Waals surface area contributed by atoms with E-state index >= 15 is 0 Å². The Morgan fingerprint density at radius 2 is 2.06 bits per heavy atom. The summed E-state index contributed by atoms with van der Waals surface area (Å²) >= 11 is 0. The van der Waals surface area contributed by atoms with Gasteiger partial charge in [0.25, 0.3) is 0 Å². The molecule has 0 aliphatic heterocycles. The highest BCUT2D eigenvalue weighted by molar-refractivity contribution is 7.81. The topological polar surface area (TPSA) is 147 Å². The highest BCUT2D eigenvalue weighted by Crippen LogP contribution is 2.28. The third-order valence-corrected chi connectivity index (χ3v) is 2.38. The maximum Gasteiger partial charge on any atom is 0.446 e. The van der Waals surface area contributed by atoms with Crippen molar-refractivity contribution in [1.29, 1.82) is 0 Å². The number of nitrogens with two attached hydrogens (primary N) is 1. The molecule has 0 spiro atoms. The molecule has 1 rings (SSSR count). The Morgan fingerprint density at radius 1 is 1.44 bits per heavy atom. The van der Waals surface area contributed by atoms with Gasteiger partial charge in [0, 0.05) is 0 Å². The van der Waals surface area contributed by atoms with Crippen LogP contribution in [0, 0.1) is 0 Å². The number of carboxylic acids is 1. The third kappa shape index (κ3) is 4.20. The molecule has 1 aromatic rings. The number of benzene rings is 1. The second-order valence-electron chi connectivity index (χ2n) is 3.46. The Kier molecular flexibility index (Phi) is 4.11. The average molecular weight is 277 g/mol. The van der Waals surface area contributed by atoms with Gasteiger partial charge in [-0.15, -0.1) is 0 Å². The van der Waals surface area contributed by atoms with Gasteiger partial charge in [0.15, 0.2) is 11.5 Å². The largest absolute Gasteiger partial charge is 0.504 e. The molecule has 0 unspecified atom stereocenters. The molecule has 1 aromatic carbocycles. The molecule has 9 heteroatoms. The van der Waals surface area contributed by atoms with Crippen molar-refractivity contribution in [1.82, 2.24) is 0 Å². The summed E-state index contributed by atoms with van der Waals surface area (Å²) in [5.74, 6) is -2.22. The highest BCUT2D eigenvalue weighted by Gasteiger charge is 2.15. The fourth-order valence-corrected chi connectivity index (χ4v) is 1.58. The molecule has 5 N–H and O–H groups in total. The van der Waals surface area contributed by atoms with Crippen molar-refractivity contribution in [2.75, 3.05) is 0 Å². The van der Waals surface area contributed by atoms with E-state index in [1.54, 1.807) is 0 Å². The zero-order valence-corrected chi connectivity index (χ0v) is 9.79. The van der Waals surface area contributed by atoms with Crippen molar-refractivity contribution in [3.63, 3.8) is 0 Å². The van der Waals surface area contributed by atoms with E-state index in [9.17, 15) is 18.3 Å². The lowest BCUT2D eigenvalue weighted by Gasteiger charge is -2.09. The molecular formula is C9H11NO7S. The molecule has 0 saturated heterocycles. The number of carboxylic acid groups (broad SMARTS) is 1. The van der Waals surface area contributed by atoms with Crippen molar-refractivity contribution in [3.8, 4) is 11.5 Å². The molecule has 0 aliphatic rings. The van der Waals surface area contributed by atoms with E-state index < -0.39 is 33.9 Å². The van der Waals surface area contributed by atoms with Crippen LogP contribution in [0.15, 0.2) is 18.2 Å². The molecule has 8 nitrogen and oxygen atoms in total. The van der Waals surface area contributed by atoms with E-state index in [4.69, 9.17) is 15.4 Å². The standard InChI is InChI=1S/C9H11NO7S/c10-6(9(12)13)3-5-1-2-8(7(11)4-5)17-18(14,15)16/h1-2,4,6,11H,3,10H2,(H,12,13)(H,14,15,16)/t6-/m0/s1. The highest BCUT2D eigenvalue weighted by atomic mass is 32.3. The van der Waals surface area contributed by atoms with Crippen LogP contribution in [0.2, 0.25) is 0 Å². The number of hydrogen-bond acceptors (Lipinski definition) is 6. The van der Waals surface area contributed by atoms with E-state index in [-0.39, 0.29) is 6.42 Å². The first-order chi connectivity index (χ1) is 8.19. The molecule has 1 atom stereocenters. The van der Waals surface area contributed by atoms with Crippen LogP contribution < -0.4 is 9.92 Å². The summed E-state index contributed by atoms with van der Waals surface area (Å²) in [6, 6.07) is 2.36. The van der Waals surface area contributed by atoms with Gasteiger partial charge < -0.3 is 20.1 Å². The number of phenols is 1. The summed E-state index contributed by atoms with van der Waals surface area (Å²) < 4.78 is 33.4. The van der Waals surface area contributed by atoms with Crippen LogP contribution in [-0.2, 0) is 21.6 Å². The number of carbonyl (C=O) groups is 1. The van der Waals surface area contributed by atoms with Gasteiger partial charge >= 0.3 is 16.4 Å². The van der Waals surface area contributed by atoms with Crippen molar-refractivity contribution in [2.24, 2.45) is 5.73 Å². The lowest BCUT2D eigenvalue weighted by Crippen LogP contribution is -2.32. The second-order valence-corrected chi connectivity index (χ2v) is 4.48. The molecule has 100 valence electrons. The van der Waals surface area contributed by atoms with Gasteiger partial charge in [0.2, 0.25) is 0 Å². The number of rotatable bonds is 5. The van der Waals surface area contributed by atoms with Gasteiger partial charge in [0.05, 0.1) is 0 Å². The maximum absolute atomic E-state index is 10.5. The summed E-state index contributed by atoms with van der Waals surface area (Å²) in [7, 11) is -4.73. The Hall–Kier alpha value is -1.84. The van der Waals surface area contributed by atoms with Crippen LogP contribution >= 0.6 is 0 Å². The van der Waals surface area contributed by atoms with Crippen LogP contribution in [0.25, 0.3) is 0 Å². The molecule has 0 heterocycles. The molecule has 18 heavy (non-hydrogen) atoms. The van der Waals surface area contributed by atoms with E-state index in [0.717, 1.165) is 12.1 Å². The van der Waals surface area contributed by atoms with E-state index in [1.807, 2.05) is 0 Å². The first-order valence-electron chi connectivity index (χ1n) is 4.66. The van der Waals surface area contributed by atoms with Crippen molar-refractivity contribution in [3.05, 3.63) is 23.8 Å². The quantitative estimate of drug-likeness (QED) is 0.528. The van der Waals surface area contributed by atoms with Crippen LogP contribution in [0.5, 0.6) is 11.5 Å². The van der Waals surface area contributed by atoms with Crippen LogP contribution in [0.1, 0.15) is 5.56 Å². The third-order valence-electron chi connectivity index (χ3n) is 1.99. The predicted molar refractivity (Wildman–Crippen MR) is 59.6 cm³/mol. The number of aliphatic carboxylic acids is 1. The zero-order valence-electron chi connectivity index (χ0n) is 8.98. The van der Waals surface area contributed by atoms with E-state index in [2.05, 4.69) is 4.18 Å². The molecule has 0 amide bonds. The Balaban J connectivity index is 2.89. The van der Waals surface area contributed by atoms with Crippen molar-refractivity contribution in [2.45, 2.75) is 12.5 Å². The van der Waals surface area contributed by atoms with Crippen molar-refractivity contribution >= 4 is 16.4 Å². The predicted octanol–water partition coefficient (Wildman–Crippen LogP) is -0.472. The normalized spacial score (nSPS) is 13.0. The minimum absolute atomic E-state index is 0.0466. The zero-order chi connectivity index (χ0) is 13.9. The average Bonchev–Trinajstić information content (AvgIpc) is 2.20. The Morgan fingerprint density at radius 3 is 2.50 bits per heavy atom. The summed E-state index contributed by atoms with van der Waals surface area (Å²) in [5, 5.41) is 18.0. The van der Waals surface area contributed by atoms with Gasteiger partial charge in [0.1, 0.15) is 6.04 Å². The first kappa shape index (κ1) is 14.2. The van der Waals surface area contributed by atoms with Gasteiger partial charge in [-0.3, -0.25) is 9.35 Å². The molecule has 0 bridgehead atoms. The molecule has 0 saturated carbocycles. The molecule has 0 aromatic heterocycles. The fraction of sp³-hybridized carbons (Fsp3) is 0.222. The van der Waals surface area contributed by atoms with Crippen LogP contribution in [0.3, 0.4) is 0 Å². The fourth-order valence-electron chi connectivity index (χ4n) is 1.22. The van der Waals surface area contributed by atoms with Gasteiger partial charge in [-0.2, -0.15) is 8.42 Å². The van der Waals surface area contributed by atoms with Crippen molar-refractivity contribution < 1.29 is 32.2 Å². The van der Waals surface area contributed by atoms with Crippen LogP contribution in [-0.4, -0.2) is 35.2 Å². The maximum atomic E-state index is 10.5. The number of aromatic hydroxyl groups is 1. The first-order valence-corrected chi connectivity index (χ1v) is 6.03. The Bertz CT molecular complexity index is 554. The molecule has 0 radical (unpaired) electrons. The number of phenolic OH excluding ortho intramolecular Hbond substituents is 1. The lowest BCUT2D eigenvalue weighted by molar-refractivity contribution is -0.138. The van der Waals surface area contributed by atoms with E-state index in [0.29, 0.717) is 5.56 Å². The Labute approximate surface area is 103 Å². The SMILES string of the molecule is N[C@@H](Cc1ccc(OS(=O)(=O)O)c(O)c1)C(=O)O. The molecule has 0 aliphatic carbocycles. The minimum Gasteiger partial charge on any atom is -0.504 e. The molecule has 0 fully saturated rings. The second kappa shape index (κ2) is 5.21. The summed E-state index contributed by atoms with van der Waals surface area (Å²) in [5.41, 5.74) is 5.67. The minimum atomic E-state index is -4.73. The van der Waals surface area contributed by atoms with Crippen LogP contribution in [0.4, 0.5) is 0 Å². The van der Waals surface area contributed by atoms with E-state index in [1.165, 1.54) is 6.07 Å². The number of hydrogen-bond donors (Lipinski definition) is 4. The summed E-state index contributed by atoms with van der Waals surface area (Å²) in [4.78, 5) is 10.5. The van der Waals surface area contributed by atoms with Gasteiger partial charge in [-0.25, -0.2) is 0 Å². The summed E-state index contributed by atoms with van der Waals surface area (Å²) in [6.07, 6.45) is -0.0466. The smallest absolute Gasteiger partial charge is 0.446 e. The molecular weight excluding hydrogens is 266 g/mol. The van der Waals surface area contributed by atoms with Gasteiger partial charge in [-0.05, 0) is 24.1 Å².